The van der Waals surface area contributed by atoms with E-state index in [-0.39, 0.29) is 5.82 Å². The lowest BCUT2D eigenvalue weighted by Crippen LogP contribution is -2.31. The fourth-order valence-electron chi connectivity index (χ4n) is 2.70. The molecule has 90 valence electrons. The summed E-state index contributed by atoms with van der Waals surface area (Å²) in [5.74, 6) is -0.188. The van der Waals surface area contributed by atoms with Gasteiger partial charge in [0.25, 0.3) is 0 Å². The Kier molecular flexibility index (Phi) is 2.82. The fourth-order valence-corrected chi connectivity index (χ4v) is 3.32. The third-order valence-corrected chi connectivity index (χ3v) is 4.19. The molecule has 0 aliphatic carbocycles. The third kappa shape index (κ3) is 1.95. The van der Waals surface area contributed by atoms with Crippen LogP contribution < -0.4 is 5.32 Å². The van der Waals surface area contributed by atoms with E-state index in [4.69, 9.17) is 0 Å². The van der Waals surface area contributed by atoms with Gasteiger partial charge in [0, 0.05) is 16.4 Å². The number of hydrogen-bond acceptors (Lipinski definition) is 2. The minimum Gasteiger partial charge on any atom is -0.372 e. The predicted molar refractivity (Wildman–Crippen MR) is 68.6 cm³/mol. The van der Waals surface area contributed by atoms with Crippen LogP contribution >= 0.6 is 15.9 Å². The molecule has 0 amide bonds. The van der Waals surface area contributed by atoms with Gasteiger partial charge in [-0.15, -0.1) is 0 Å². The van der Waals surface area contributed by atoms with Crippen LogP contribution in [0.2, 0.25) is 0 Å². The zero-order valence-corrected chi connectivity index (χ0v) is 11.0. The summed E-state index contributed by atoms with van der Waals surface area (Å²) >= 11 is 3.47. The molecule has 1 aromatic carbocycles. The molecule has 1 fully saturated rings. The molecule has 1 atom stereocenters. The second kappa shape index (κ2) is 4.33. The van der Waals surface area contributed by atoms with Gasteiger partial charge in [0.15, 0.2) is 0 Å². The standard InChI is InChI=1S/C13H14BrFN2/c14-12-6-9(15)4-5-11(12)13-3-1-2-10-7-16-8-17(10)13/h4-7,13,16H,1-3,8H2. The summed E-state index contributed by atoms with van der Waals surface area (Å²) in [6.45, 7) is 0.865. The van der Waals surface area contributed by atoms with Crippen molar-refractivity contribution in [1.29, 1.82) is 0 Å². The van der Waals surface area contributed by atoms with Crippen LogP contribution in [0, 0.1) is 5.82 Å². The Labute approximate surface area is 109 Å². The van der Waals surface area contributed by atoms with Crippen molar-refractivity contribution in [3.8, 4) is 0 Å². The van der Waals surface area contributed by atoms with E-state index >= 15 is 0 Å². The highest BCUT2D eigenvalue weighted by atomic mass is 79.9. The zero-order valence-electron chi connectivity index (χ0n) is 9.42. The van der Waals surface area contributed by atoms with Crippen LogP contribution in [0.3, 0.4) is 0 Å². The molecule has 2 heterocycles. The van der Waals surface area contributed by atoms with E-state index < -0.39 is 0 Å². The first-order valence-corrected chi connectivity index (χ1v) is 6.69. The number of halogens is 2. The van der Waals surface area contributed by atoms with Gasteiger partial charge in [-0.1, -0.05) is 22.0 Å². The summed E-state index contributed by atoms with van der Waals surface area (Å²) in [5, 5.41) is 3.27. The van der Waals surface area contributed by atoms with Crippen LogP contribution in [0.4, 0.5) is 4.39 Å². The average Bonchev–Trinajstić information content (AvgIpc) is 2.77. The van der Waals surface area contributed by atoms with E-state index in [2.05, 4.69) is 32.3 Å². The number of hydrogen-bond donors (Lipinski definition) is 1. The van der Waals surface area contributed by atoms with Gasteiger partial charge < -0.3 is 10.2 Å². The molecule has 1 unspecified atom stereocenters. The van der Waals surface area contributed by atoms with Crippen LogP contribution in [0.1, 0.15) is 30.9 Å². The Hall–Kier alpha value is -1.03. The minimum atomic E-state index is -0.188. The fraction of sp³-hybridized carbons (Fsp3) is 0.385. The third-order valence-electron chi connectivity index (χ3n) is 3.51. The summed E-state index contributed by atoms with van der Waals surface area (Å²) in [5.41, 5.74) is 2.55. The van der Waals surface area contributed by atoms with Gasteiger partial charge in [0.2, 0.25) is 0 Å². The Morgan fingerprint density at radius 2 is 2.29 bits per heavy atom. The van der Waals surface area contributed by atoms with Crippen molar-refractivity contribution in [2.24, 2.45) is 0 Å². The molecule has 2 aliphatic rings. The monoisotopic (exact) mass is 296 g/mol. The summed E-state index contributed by atoms with van der Waals surface area (Å²) in [4.78, 5) is 2.38. The maximum Gasteiger partial charge on any atom is 0.124 e. The highest BCUT2D eigenvalue weighted by Gasteiger charge is 2.29. The first kappa shape index (κ1) is 11.1. The first-order chi connectivity index (χ1) is 8.25. The molecule has 0 radical (unpaired) electrons. The molecule has 1 N–H and O–H groups in total. The molecule has 2 aliphatic heterocycles. The van der Waals surface area contributed by atoms with Crippen LogP contribution in [0.25, 0.3) is 0 Å². The number of allylic oxidation sites excluding steroid dienone is 1. The topological polar surface area (TPSA) is 15.3 Å². The lowest BCUT2D eigenvalue weighted by molar-refractivity contribution is 0.214. The number of piperidine rings is 1. The highest BCUT2D eigenvalue weighted by Crippen LogP contribution is 2.39. The summed E-state index contributed by atoms with van der Waals surface area (Å²) in [6.07, 6.45) is 5.56. The van der Waals surface area contributed by atoms with Gasteiger partial charge in [-0.2, -0.15) is 0 Å². The largest absolute Gasteiger partial charge is 0.372 e. The second-order valence-electron chi connectivity index (χ2n) is 4.54. The normalized spacial score (nSPS) is 23.1. The lowest BCUT2D eigenvalue weighted by Gasteiger charge is -2.36. The van der Waals surface area contributed by atoms with E-state index in [1.54, 1.807) is 12.1 Å². The Balaban J connectivity index is 1.95. The van der Waals surface area contributed by atoms with Gasteiger partial charge in [-0.25, -0.2) is 4.39 Å². The number of nitrogens with one attached hydrogen (secondary N) is 1. The molecular weight excluding hydrogens is 283 g/mol. The van der Waals surface area contributed by atoms with Crippen molar-refractivity contribution in [2.45, 2.75) is 25.3 Å². The van der Waals surface area contributed by atoms with E-state index in [1.165, 1.54) is 17.7 Å². The maximum absolute atomic E-state index is 13.1. The molecule has 0 saturated carbocycles. The zero-order chi connectivity index (χ0) is 11.8. The maximum atomic E-state index is 13.1. The Morgan fingerprint density at radius 3 is 3.12 bits per heavy atom. The minimum absolute atomic E-state index is 0.188. The molecule has 17 heavy (non-hydrogen) atoms. The van der Waals surface area contributed by atoms with Crippen LogP contribution in [0.15, 0.2) is 34.6 Å². The molecule has 4 heteroatoms. The molecule has 2 nitrogen and oxygen atoms in total. The van der Waals surface area contributed by atoms with Crippen LogP contribution in [0.5, 0.6) is 0 Å². The van der Waals surface area contributed by atoms with Gasteiger partial charge in [0.1, 0.15) is 5.82 Å². The average molecular weight is 297 g/mol. The van der Waals surface area contributed by atoms with Crippen molar-refractivity contribution in [2.75, 3.05) is 6.67 Å². The summed E-state index contributed by atoms with van der Waals surface area (Å²) in [7, 11) is 0. The van der Waals surface area contributed by atoms with Gasteiger partial charge in [-0.3, -0.25) is 0 Å². The molecule has 3 rings (SSSR count). The van der Waals surface area contributed by atoms with Crippen molar-refractivity contribution in [3.05, 3.63) is 45.9 Å². The van der Waals surface area contributed by atoms with Crippen molar-refractivity contribution < 1.29 is 4.39 Å². The summed E-state index contributed by atoms with van der Waals surface area (Å²) < 4.78 is 14.0. The molecule has 0 spiro atoms. The molecular formula is C13H14BrFN2. The molecule has 1 saturated heterocycles. The van der Waals surface area contributed by atoms with Crippen molar-refractivity contribution in [1.82, 2.24) is 10.2 Å². The number of fused-ring (bicyclic) bond motifs is 1. The number of nitrogens with zero attached hydrogens (tertiary/aromatic N) is 1. The van der Waals surface area contributed by atoms with Gasteiger partial charge in [-0.05, 0) is 37.0 Å². The van der Waals surface area contributed by atoms with Gasteiger partial charge >= 0.3 is 0 Å². The number of benzene rings is 1. The van der Waals surface area contributed by atoms with Crippen molar-refractivity contribution >= 4 is 15.9 Å². The van der Waals surface area contributed by atoms with Crippen LogP contribution in [-0.4, -0.2) is 11.6 Å². The van der Waals surface area contributed by atoms with E-state index in [1.807, 2.05) is 6.07 Å². The number of rotatable bonds is 1. The Morgan fingerprint density at radius 1 is 1.41 bits per heavy atom. The first-order valence-electron chi connectivity index (χ1n) is 5.90. The molecule has 0 aromatic heterocycles. The van der Waals surface area contributed by atoms with Gasteiger partial charge in [0.05, 0.1) is 12.7 Å². The molecule has 0 bridgehead atoms. The summed E-state index contributed by atoms with van der Waals surface area (Å²) in [6, 6.07) is 5.35. The quantitative estimate of drug-likeness (QED) is 0.853. The SMILES string of the molecule is Fc1ccc(C2CCCC3=CNCN32)c(Br)c1. The van der Waals surface area contributed by atoms with E-state index in [0.717, 1.165) is 24.0 Å². The van der Waals surface area contributed by atoms with Crippen molar-refractivity contribution in [3.63, 3.8) is 0 Å². The lowest BCUT2D eigenvalue weighted by atomic mass is 9.94. The smallest absolute Gasteiger partial charge is 0.124 e. The van der Waals surface area contributed by atoms with Crippen LogP contribution in [-0.2, 0) is 0 Å². The predicted octanol–water partition coefficient (Wildman–Crippen LogP) is 3.52. The molecule has 1 aromatic rings. The highest BCUT2D eigenvalue weighted by molar-refractivity contribution is 9.10. The second-order valence-corrected chi connectivity index (χ2v) is 5.40. The van der Waals surface area contributed by atoms with E-state index in [0.29, 0.717) is 6.04 Å². The Bertz CT molecular complexity index is 472. The van der Waals surface area contributed by atoms with E-state index in [9.17, 15) is 4.39 Å².